The van der Waals surface area contributed by atoms with Crippen LogP contribution in [0.15, 0.2) is 72.4 Å². The van der Waals surface area contributed by atoms with Crippen molar-refractivity contribution in [1.29, 1.82) is 5.26 Å². The molecule has 3 aromatic rings. The number of aromatic nitrogens is 2. The van der Waals surface area contributed by atoms with Crippen LogP contribution in [-0.2, 0) is 4.79 Å². The summed E-state index contributed by atoms with van der Waals surface area (Å²) in [4.78, 5) is 15.9. The Labute approximate surface area is 156 Å². The van der Waals surface area contributed by atoms with Crippen LogP contribution in [0.3, 0.4) is 0 Å². The number of hydrogen-bond acceptors (Lipinski definition) is 5. The number of carbonyl (C=O) groups excluding carboxylic acids is 1. The molecule has 1 amide bonds. The van der Waals surface area contributed by atoms with E-state index in [-0.39, 0.29) is 6.61 Å². The third-order valence-electron chi connectivity index (χ3n) is 3.80. The number of nitriles is 1. The summed E-state index contributed by atoms with van der Waals surface area (Å²) in [6.07, 6.45) is 5.30. The first-order valence-electron chi connectivity index (χ1n) is 8.21. The Balaban J connectivity index is 1.57. The van der Waals surface area contributed by atoms with E-state index in [9.17, 15) is 4.79 Å². The van der Waals surface area contributed by atoms with E-state index in [1.165, 1.54) is 0 Å². The van der Waals surface area contributed by atoms with Crippen molar-refractivity contribution in [3.8, 4) is 17.5 Å². The number of para-hydroxylation sites is 1. The molecule has 0 bridgehead atoms. The maximum Gasteiger partial charge on any atom is 0.277 e. The molecule has 0 aliphatic rings. The minimum atomic E-state index is -0.405. The van der Waals surface area contributed by atoms with Crippen molar-refractivity contribution in [3.05, 3.63) is 78.4 Å². The van der Waals surface area contributed by atoms with E-state index in [1.54, 1.807) is 43.7 Å². The van der Waals surface area contributed by atoms with Crippen LogP contribution < -0.4 is 10.2 Å². The SMILES string of the molecule is C/C(=N\NC(=O)COc1ccccc1C#N)c1ccc(-n2ccnc2)cc1. The first-order valence-corrected chi connectivity index (χ1v) is 8.21. The van der Waals surface area contributed by atoms with Crippen LogP contribution in [0.1, 0.15) is 18.1 Å². The van der Waals surface area contributed by atoms with Gasteiger partial charge in [0, 0.05) is 18.1 Å². The molecule has 0 aliphatic carbocycles. The zero-order valence-corrected chi connectivity index (χ0v) is 14.7. The van der Waals surface area contributed by atoms with Gasteiger partial charge in [0.15, 0.2) is 6.61 Å². The fourth-order valence-corrected chi connectivity index (χ4v) is 2.36. The summed E-state index contributed by atoms with van der Waals surface area (Å²) in [5.74, 6) is -0.0388. The van der Waals surface area contributed by atoms with Gasteiger partial charge in [-0.25, -0.2) is 10.4 Å². The zero-order chi connectivity index (χ0) is 19.1. The molecular formula is C20H17N5O2. The van der Waals surface area contributed by atoms with Gasteiger partial charge >= 0.3 is 0 Å². The molecule has 1 heterocycles. The van der Waals surface area contributed by atoms with Gasteiger partial charge in [-0.05, 0) is 36.8 Å². The molecule has 0 atom stereocenters. The second kappa shape index (κ2) is 8.45. The molecule has 0 unspecified atom stereocenters. The first kappa shape index (κ1) is 17.9. The Morgan fingerprint density at radius 3 is 2.74 bits per heavy atom. The predicted molar refractivity (Wildman–Crippen MR) is 101 cm³/mol. The Morgan fingerprint density at radius 2 is 2.04 bits per heavy atom. The molecular weight excluding hydrogens is 342 g/mol. The van der Waals surface area contributed by atoms with Crippen molar-refractivity contribution in [2.45, 2.75) is 6.92 Å². The second-order valence-electron chi connectivity index (χ2n) is 5.65. The van der Waals surface area contributed by atoms with E-state index < -0.39 is 5.91 Å². The summed E-state index contributed by atoms with van der Waals surface area (Å²) in [5.41, 5.74) is 5.37. The van der Waals surface area contributed by atoms with Gasteiger partial charge in [0.05, 0.1) is 17.6 Å². The number of carbonyl (C=O) groups is 1. The van der Waals surface area contributed by atoms with Gasteiger partial charge in [0.1, 0.15) is 11.8 Å². The highest BCUT2D eigenvalue weighted by molar-refractivity contribution is 5.99. The van der Waals surface area contributed by atoms with Crippen LogP contribution in [0, 0.1) is 11.3 Å². The number of rotatable bonds is 6. The number of hydrogen-bond donors (Lipinski definition) is 1. The average molecular weight is 359 g/mol. The lowest BCUT2D eigenvalue weighted by atomic mass is 10.1. The van der Waals surface area contributed by atoms with Crippen LogP contribution in [0.25, 0.3) is 5.69 Å². The zero-order valence-electron chi connectivity index (χ0n) is 14.7. The summed E-state index contributed by atoms with van der Waals surface area (Å²) in [6.45, 7) is 1.58. The van der Waals surface area contributed by atoms with Crippen LogP contribution >= 0.6 is 0 Å². The van der Waals surface area contributed by atoms with Gasteiger partial charge in [-0.3, -0.25) is 4.79 Å². The van der Waals surface area contributed by atoms with Crippen molar-refractivity contribution >= 4 is 11.6 Å². The number of nitrogens with one attached hydrogen (secondary N) is 1. The molecule has 0 saturated heterocycles. The maximum atomic E-state index is 11.9. The maximum absolute atomic E-state index is 11.9. The Hall–Kier alpha value is -3.92. The molecule has 27 heavy (non-hydrogen) atoms. The monoisotopic (exact) mass is 359 g/mol. The van der Waals surface area contributed by atoms with Gasteiger partial charge in [-0.2, -0.15) is 10.4 Å². The third-order valence-corrected chi connectivity index (χ3v) is 3.80. The topological polar surface area (TPSA) is 92.3 Å². The number of amides is 1. The molecule has 7 nitrogen and oxygen atoms in total. The fourth-order valence-electron chi connectivity index (χ4n) is 2.36. The fraction of sp³-hybridized carbons (Fsp3) is 0.100. The first-order chi connectivity index (χ1) is 13.2. The second-order valence-corrected chi connectivity index (χ2v) is 5.65. The van der Waals surface area contributed by atoms with Gasteiger partial charge in [0.25, 0.3) is 5.91 Å². The van der Waals surface area contributed by atoms with Crippen molar-refractivity contribution in [3.63, 3.8) is 0 Å². The van der Waals surface area contributed by atoms with Crippen molar-refractivity contribution in [1.82, 2.24) is 15.0 Å². The quantitative estimate of drug-likeness (QED) is 0.541. The van der Waals surface area contributed by atoms with E-state index in [2.05, 4.69) is 15.5 Å². The molecule has 0 radical (unpaired) electrons. The van der Waals surface area contributed by atoms with Gasteiger partial charge < -0.3 is 9.30 Å². The number of hydrazone groups is 1. The normalized spacial score (nSPS) is 10.9. The van der Waals surface area contributed by atoms with E-state index in [1.807, 2.05) is 41.1 Å². The number of imidazole rings is 1. The van der Waals surface area contributed by atoms with Crippen LogP contribution in [0.5, 0.6) is 5.75 Å². The molecule has 1 aromatic heterocycles. The summed E-state index contributed by atoms with van der Waals surface area (Å²) in [5, 5.41) is 13.1. The molecule has 3 rings (SSSR count). The predicted octanol–water partition coefficient (Wildman–Crippen LogP) is 2.66. The van der Waals surface area contributed by atoms with E-state index >= 15 is 0 Å². The molecule has 0 spiro atoms. The highest BCUT2D eigenvalue weighted by atomic mass is 16.5. The molecule has 7 heteroatoms. The van der Waals surface area contributed by atoms with E-state index in [0.717, 1.165) is 11.3 Å². The Bertz CT molecular complexity index is 986. The molecule has 0 fully saturated rings. The Morgan fingerprint density at radius 1 is 1.26 bits per heavy atom. The van der Waals surface area contributed by atoms with Crippen LogP contribution in [-0.4, -0.2) is 27.8 Å². The molecule has 0 aliphatic heterocycles. The largest absolute Gasteiger partial charge is 0.482 e. The standard InChI is InChI=1S/C20H17N5O2/c1-15(16-6-8-18(9-7-16)25-11-10-22-14-25)23-24-20(26)13-27-19-5-3-2-4-17(19)12-21/h2-11,14H,13H2,1H3,(H,24,26)/b23-15+. The summed E-state index contributed by atoms with van der Waals surface area (Å²) in [7, 11) is 0. The molecule has 0 saturated carbocycles. The molecule has 1 N–H and O–H groups in total. The van der Waals surface area contributed by atoms with Crippen LogP contribution in [0.4, 0.5) is 0 Å². The van der Waals surface area contributed by atoms with Gasteiger partial charge in [-0.1, -0.05) is 24.3 Å². The lowest BCUT2D eigenvalue weighted by Crippen LogP contribution is -2.25. The van der Waals surface area contributed by atoms with E-state index in [0.29, 0.717) is 17.0 Å². The lowest BCUT2D eigenvalue weighted by molar-refractivity contribution is -0.123. The van der Waals surface area contributed by atoms with Crippen LogP contribution in [0.2, 0.25) is 0 Å². The highest BCUT2D eigenvalue weighted by Gasteiger charge is 2.06. The number of nitrogens with zero attached hydrogens (tertiary/aromatic N) is 4. The minimum absolute atomic E-state index is 0.227. The summed E-state index contributed by atoms with van der Waals surface area (Å²) < 4.78 is 7.27. The van der Waals surface area contributed by atoms with E-state index in [4.69, 9.17) is 10.00 Å². The summed E-state index contributed by atoms with van der Waals surface area (Å²) >= 11 is 0. The molecule has 134 valence electrons. The van der Waals surface area contributed by atoms with Gasteiger partial charge in [-0.15, -0.1) is 0 Å². The average Bonchev–Trinajstić information content (AvgIpc) is 3.25. The minimum Gasteiger partial charge on any atom is -0.482 e. The number of ether oxygens (including phenoxy) is 1. The highest BCUT2D eigenvalue weighted by Crippen LogP contribution is 2.16. The lowest BCUT2D eigenvalue weighted by Gasteiger charge is -2.07. The summed E-state index contributed by atoms with van der Waals surface area (Å²) in [6, 6.07) is 16.5. The van der Waals surface area contributed by atoms with Crippen molar-refractivity contribution < 1.29 is 9.53 Å². The third kappa shape index (κ3) is 4.58. The van der Waals surface area contributed by atoms with Crippen molar-refractivity contribution in [2.24, 2.45) is 5.10 Å². The van der Waals surface area contributed by atoms with Gasteiger partial charge in [0.2, 0.25) is 0 Å². The van der Waals surface area contributed by atoms with Crippen molar-refractivity contribution in [2.75, 3.05) is 6.61 Å². The Kier molecular flexibility index (Phi) is 5.60. The number of benzene rings is 2. The smallest absolute Gasteiger partial charge is 0.277 e. The molecule has 2 aromatic carbocycles.